The van der Waals surface area contributed by atoms with E-state index in [9.17, 15) is 0 Å². The molecule has 1 nitrogen and oxygen atoms in total. The first-order chi connectivity index (χ1) is 15.3. The molecular formula is C29H32OSi. The third-order valence-corrected chi connectivity index (χ3v) is 10.0. The molecule has 0 N–H and O–H groups in total. The zero-order valence-corrected chi connectivity index (χ0v) is 19.3. The normalized spacial score (nSPS) is 15.4. The Balaban J connectivity index is 1.92. The lowest BCUT2D eigenvalue weighted by molar-refractivity contribution is 0.399. The van der Waals surface area contributed by atoms with Crippen molar-refractivity contribution in [2.75, 3.05) is 0 Å². The fourth-order valence-corrected chi connectivity index (χ4v) is 8.49. The number of hydrogen-bond donors (Lipinski definition) is 0. The van der Waals surface area contributed by atoms with Gasteiger partial charge in [-0.2, -0.15) is 0 Å². The number of hydrogen-bond acceptors (Lipinski definition) is 1. The highest BCUT2D eigenvalue weighted by Gasteiger charge is 2.41. The van der Waals surface area contributed by atoms with Gasteiger partial charge in [0.05, 0.1) is 0 Å². The average molecular weight is 425 g/mol. The fraction of sp³-hybridized carbons (Fsp3) is 0.241. The summed E-state index contributed by atoms with van der Waals surface area (Å²) in [4.78, 5) is 0. The van der Waals surface area contributed by atoms with Crippen LogP contribution in [0.2, 0.25) is 0 Å². The molecule has 4 rings (SSSR count). The summed E-state index contributed by atoms with van der Waals surface area (Å²) in [5, 5.41) is 2.56. The second-order valence-corrected chi connectivity index (χ2v) is 11.5. The van der Waals surface area contributed by atoms with Crippen LogP contribution in [-0.2, 0) is 0 Å². The molecule has 0 heterocycles. The van der Waals surface area contributed by atoms with Gasteiger partial charge in [0.15, 0.2) is 0 Å². The van der Waals surface area contributed by atoms with E-state index in [1.54, 1.807) is 0 Å². The number of rotatable bonds is 8. The molecule has 1 aliphatic carbocycles. The molecule has 0 unspecified atom stereocenters. The Kier molecular flexibility index (Phi) is 7.21. The molecule has 1 saturated carbocycles. The lowest BCUT2D eigenvalue weighted by Gasteiger charge is -2.33. The van der Waals surface area contributed by atoms with Crippen LogP contribution in [0.5, 0.6) is 5.75 Å². The summed E-state index contributed by atoms with van der Waals surface area (Å²) in [6.45, 7) is 4.09. The summed E-state index contributed by atoms with van der Waals surface area (Å²) in [7, 11) is -2.68. The summed E-state index contributed by atoms with van der Waals surface area (Å²) in [6.07, 6.45) is 9.56. The summed E-state index contributed by atoms with van der Waals surface area (Å²) >= 11 is 0. The van der Waals surface area contributed by atoms with Crippen molar-refractivity contribution in [3.63, 3.8) is 0 Å². The molecule has 2 heteroatoms. The molecular weight excluding hydrogens is 392 g/mol. The van der Waals surface area contributed by atoms with Gasteiger partial charge in [-0.3, -0.25) is 0 Å². The Morgan fingerprint density at radius 3 is 1.81 bits per heavy atom. The van der Waals surface area contributed by atoms with Gasteiger partial charge in [-0.05, 0) is 53.4 Å². The van der Waals surface area contributed by atoms with Crippen LogP contribution in [0, 0.1) is 5.92 Å². The number of allylic oxidation sites excluding steroid dienone is 2. The van der Waals surface area contributed by atoms with Crippen molar-refractivity contribution in [1.29, 1.82) is 0 Å². The zero-order valence-electron chi connectivity index (χ0n) is 18.3. The topological polar surface area (TPSA) is 9.23 Å². The van der Waals surface area contributed by atoms with Crippen molar-refractivity contribution in [2.45, 2.75) is 38.5 Å². The number of benzene rings is 3. The highest BCUT2D eigenvalue weighted by molar-refractivity contribution is 7.01. The standard InChI is InChI=1S/C29H32OSi/c1-2-15-26(25-16-7-3-8-17-25)24-31(28-20-11-5-12-21-28,29-22-13-6-14-23-29)30-27-18-9-4-10-19-27/h2,4-6,9-14,18-25H,1,3,7-8,15-17H2/b26-24+. The Hall–Kier alpha value is -2.84. The van der Waals surface area contributed by atoms with Gasteiger partial charge in [-0.15, -0.1) is 6.58 Å². The van der Waals surface area contributed by atoms with E-state index in [1.165, 1.54) is 48.1 Å². The molecule has 3 aromatic carbocycles. The van der Waals surface area contributed by atoms with Crippen molar-refractivity contribution in [1.82, 2.24) is 0 Å². The molecule has 0 spiro atoms. The Morgan fingerprint density at radius 2 is 1.29 bits per heavy atom. The highest BCUT2D eigenvalue weighted by Crippen LogP contribution is 2.33. The van der Waals surface area contributed by atoms with Crippen molar-refractivity contribution >= 4 is 18.7 Å². The first-order valence-electron chi connectivity index (χ1n) is 11.5. The van der Waals surface area contributed by atoms with Gasteiger partial charge >= 0.3 is 8.32 Å². The first-order valence-corrected chi connectivity index (χ1v) is 13.5. The minimum absolute atomic E-state index is 0.630. The van der Waals surface area contributed by atoms with Gasteiger partial charge in [0.25, 0.3) is 0 Å². The maximum Gasteiger partial charge on any atom is 0.339 e. The minimum Gasteiger partial charge on any atom is -0.531 e. The van der Waals surface area contributed by atoms with Crippen molar-refractivity contribution in [3.05, 3.63) is 115 Å². The van der Waals surface area contributed by atoms with E-state index >= 15 is 0 Å². The lowest BCUT2D eigenvalue weighted by atomic mass is 9.83. The van der Waals surface area contributed by atoms with E-state index in [-0.39, 0.29) is 0 Å². The van der Waals surface area contributed by atoms with Gasteiger partial charge in [-0.1, -0.05) is 110 Å². The van der Waals surface area contributed by atoms with E-state index in [0.29, 0.717) is 5.92 Å². The Morgan fingerprint density at radius 1 is 0.774 bits per heavy atom. The predicted octanol–water partition coefficient (Wildman–Crippen LogP) is 6.45. The summed E-state index contributed by atoms with van der Waals surface area (Å²) in [6, 6.07) is 32.0. The molecule has 0 aromatic heterocycles. The monoisotopic (exact) mass is 424 g/mol. The third-order valence-electron chi connectivity index (χ3n) is 6.33. The van der Waals surface area contributed by atoms with Gasteiger partial charge in [-0.25, -0.2) is 0 Å². The first kappa shape index (κ1) is 21.4. The fourth-order valence-electron chi connectivity index (χ4n) is 4.77. The van der Waals surface area contributed by atoms with Gasteiger partial charge in [0.1, 0.15) is 5.75 Å². The van der Waals surface area contributed by atoms with Crippen LogP contribution in [0.4, 0.5) is 0 Å². The Labute approximate surface area is 188 Å². The van der Waals surface area contributed by atoms with Crippen LogP contribution in [0.25, 0.3) is 0 Å². The highest BCUT2D eigenvalue weighted by atomic mass is 28.4. The van der Waals surface area contributed by atoms with Crippen LogP contribution in [0.1, 0.15) is 38.5 Å². The predicted molar refractivity (Wildman–Crippen MR) is 134 cm³/mol. The summed E-state index contributed by atoms with van der Waals surface area (Å²) < 4.78 is 7.07. The van der Waals surface area contributed by atoms with Gasteiger partial charge in [0.2, 0.25) is 0 Å². The van der Waals surface area contributed by atoms with Crippen LogP contribution in [0.3, 0.4) is 0 Å². The van der Waals surface area contributed by atoms with Crippen LogP contribution in [0.15, 0.2) is 115 Å². The van der Waals surface area contributed by atoms with E-state index in [1.807, 2.05) is 6.07 Å². The molecule has 0 radical (unpaired) electrons. The second kappa shape index (κ2) is 10.5. The van der Waals surface area contributed by atoms with Crippen molar-refractivity contribution in [3.8, 4) is 5.75 Å². The molecule has 3 aromatic rings. The second-order valence-electron chi connectivity index (χ2n) is 8.43. The van der Waals surface area contributed by atoms with E-state index in [2.05, 4.69) is 103 Å². The summed E-state index contributed by atoms with van der Waals surface area (Å²) in [5.41, 5.74) is 4.05. The van der Waals surface area contributed by atoms with Gasteiger partial charge < -0.3 is 4.43 Å². The molecule has 0 atom stereocenters. The average Bonchev–Trinajstić information content (AvgIpc) is 2.85. The minimum atomic E-state index is -2.68. The SMILES string of the molecule is C=CC/C(=C\[Si](Oc1ccccc1)(c1ccccc1)c1ccccc1)C1CCCCC1. The van der Waals surface area contributed by atoms with Crippen molar-refractivity contribution in [2.24, 2.45) is 5.92 Å². The lowest BCUT2D eigenvalue weighted by Crippen LogP contribution is -2.62. The van der Waals surface area contributed by atoms with Crippen LogP contribution >= 0.6 is 0 Å². The maximum absolute atomic E-state index is 7.07. The Bertz CT molecular complexity index is 934. The molecule has 1 aliphatic rings. The van der Waals surface area contributed by atoms with Crippen LogP contribution < -0.4 is 14.8 Å². The van der Waals surface area contributed by atoms with Gasteiger partial charge in [0, 0.05) is 0 Å². The van der Waals surface area contributed by atoms with Crippen molar-refractivity contribution < 1.29 is 4.43 Å². The van der Waals surface area contributed by atoms with E-state index < -0.39 is 8.32 Å². The molecule has 158 valence electrons. The quantitative estimate of drug-likeness (QED) is 0.298. The van der Waals surface area contributed by atoms with E-state index in [4.69, 9.17) is 4.43 Å². The maximum atomic E-state index is 7.07. The number of para-hydroxylation sites is 1. The molecule has 0 saturated heterocycles. The van der Waals surface area contributed by atoms with E-state index in [0.717, 1.165) is 12.2 Å². The molecule has 0 amide bonds. The third kappa shape index (κ3) is 5.08. The molecule has 0 bridgehead atoms. The smallest absolute Gasteiger partial charge is 0.339 e. The summed E-state index contributed by atoms with van der Waals surface area (Å²) in [5.74, 6) is 1.56. The molecule has 0 aliphatic heterocycles. The largest absolute Gasteiger partial charge is 0.531 e. The zero-order chi connectivity index (χ0) is 21.4. The molecule has 31 heavy (non-hydrogen) atoms. The van der Waals surface area contributed by atoms with Crippen LogP contribution in [-0.4, -0.2) is 8.32 Å². The molecule has 1 fully saturated rings.